The van der Waals surface area contributed by atoms with Crippen LogP contribution in [0.2, 0.25) is 0 Å². The van der Waals surface area contributed by atoms with Gasteiger partial charge in [0.05, 0.1) is 0 Å². The summed E-state index contributed by atoms with van der Waals surface area (Å²) >= 11 is 3.13. The van der Waals surface area contributed by atoms with E-state index < -0.39 is 5.91 Å². The number of anilines is 1. The molecular formula is C15H15BrN2O4. The summed E-state index contributed by atoms with van der Waals surface area (Å²) in [6, 6.07) is 9.75. The quantitative estimate of drug-likeness (QED) is 0.684. The molecule has 1 aromatic heterocycles. The van der Waals surface area contributed by atoms with Gasteiger partial charge in [0, 0.05) is 24.4 Å². The fourth-order valence-corrected chi connectivity index (χ4v) is 2.06. The minimum atomic E-state index is -0.400. The number of hydrogen-bond acceptors (Lipinski definition) is 4. The van der Waals surface area contributed by atoms with Gasteiger partial charge < -0.3 is 20.2 Å². The molecule has 1 heterocycles. The van der Waals surface area contributed by atoms with Crippen molar-refractivity contribution in [2.45, 2.75) is 6.42 Å². The second-order valence-electron chi connectivity index (χ2n) is 4.47. The van der Waals surface area contributed by atoms with Crippen LogP contribution in [0.4, 0.5) is 5.69 Å². The lowest BCUT2D eigenvalue weighted by Gasteiger charge is -2.07. The molecule has 2 amide bonds. The molecule has 3 N–H and O–H groups in total. The number of carbonyl (C=O) groups excluding carboxylic acids is 2. The Hall–Kier alpha value is -2.12. The number of furan rings is 1. The van der Waals surface area contributed by atoms with E-state index in [1.54, 1.807) is 36.4 Å². The monoisotopic (exact) mass is 366 g/mol. The predicted molar refractivity (Wildman–Crippen MR) is 84.8 cm³/mol. The van der Waals surface area contributed by atoms with Gasteiger partial charge in [-0.15, -0.1) is 0 Å². The third kappa shape index (κ3) is 4.44. The Morgan fingerprint density at radius 3 is 2.68 bits per heavy atom. The summed E-state index contributed by atoms with van der Waals surface area (Å²) in [5.41, 5.74) is 0.920. The minimum absolute atomic E-state index is 0.0229. The van der Waals surface area contributed by atoms with Gasteiger partial charge in [-0.1, -0.05) is 6.07 Å². The van der Waals surface area contributed by atoms with Crippen molar-refractivity contribution >= 4 is 33.4 Å². The van der Waals surface area contributed by atoms with E-state index in [0.717, 1.165) is 0 Å². The van der Waals surface area contributed by atoms with Crippen LogP contribution in [0.15, 0.2) is 45.5 Å². The molecule has 0 atom stereocenters. The number of aliphatic hydroxyl groups is 1. The lowest BCUT2D eigenvalue weighted by atomic mass is 10.2. The molecule has 0 saturated heterocycles. The highest BCUT2D eigenvalue weighted by atomic mass is 79.9. The average Bonchev–Trinajstić information content (AvgIpc) is 2.94. The molecule has 6 nitrogen and oxygen atoms in total. The van der Waals surface area contributed by atoms with Gasteiger partial charge in [0.25, 0.3) is 11.8 Å². The van der Waals surface area contributed by atoms with E-state index in [4.69, 9.17) is 9.52 Å². The Morgan fingerprint density at radius 1 is 1.18 bits per heavy atom. The zero-order chi connectivity index (χ0) is 15.9. The highest BCUT2D eigenvalue weighted by molar-refractivity contribution is 9.10. The second-order valence-corrected chi connectivity index (χ2v) is 5.25. The molecule has 0 saturated carbocycles. The Bertz CT molecular complexity index is 669. The van der Waals surface area contributed by atoms with Crippen LogP contribution in [0.1, 0.15) is 27.3 Å². The summed E-state index contributed by atoms with van der Waals surface area (Å²) in [5.74, 6) is -0.487. The molecule has 116 valence electrons. The normalized spacial score (nSPS) is 10.3. The van der Waals surface area contributed by atoms with Gasteiger partial charge in [-0.25, -0.2) is 0 Å². The Labute approximate surface area is 135 Å². The first kappa shape index (κ1) is 16.3. The number of rotatable bonds is 6. The van der Waals surface area contributed by atoms with Gasteiger partial charge in [-0.3, -0.25) is 9.59 Å². The van der Waals surface area contributed by atoms with Gasteiger partial charge in [-0.2, -0.15) is 0 Å². The molecule has 1 aromatic carbocycles. The molecule has 0 aliphatic heterocycles. The van der Waals surface area contributed by atoms with Crippen LogP contribution in [0.5, 0.6) is 0 Å². The minimum Gasteiger partial charge on any atom is -0.444 e. The van der Waals surface area contributed by atoms with Crippen LogP contribution in [0.3, 0.4) is 0 Å². The summed E-state index contributed by atoms with van der Waals surface area (Å²) in [4.78, 5) is 23.9. The first-order valence-corrected chi connectivity index (χ1v) is 7.45. The Morgan fingerprint density at radius 2 is 2.00 bits per heavy atom. The topological polar surface area (TPSA) is 91.6 Å². The van der Waals surface area contributed by atoms with Crippen molar-refractivity contribution in [3.63, 3.8) is 0 Å². The smallest absolute Gasteiger partial charge is 0.291 e. The molecule has 22 heavy (non-hydrogen) atoms. The summed E-state index contributed by atoms with van der Waals surface area (Å²) in [6.45, 7) is 0.418. The van der Waals surface area contributed by atoms with Crippen molar-refractivity contribution in [3.05, 3.63) is 52.4 Å². The molecule has 0 radical (unpaired) electrons. The van der Waals surface area contributed by atoms with E-state index in [-0.39, 0.29) is 18.3 Å². The van der Waals surface area contributed by atoms with Crippen molar-refractivity contribution in [3.8, 4) is 0 Å². The molecule has 0 fully saturated rings. The average molecular weight is 367 g/mol. The molecule has 0 bridgehead atoms. The largest absolute Gasteiger partial charge is 0.444 e. The van der Waals surface area contributed by atoms with Crippen LogP contribution in [-0.4, -0.2) is 30.1 Å². The third-order valence-corrected chi connectivity index (χ3v) is 3.23. The fraction of sp³-hybridized carbons (Fsp3) is 0.200. The Kier molecular flexibility index (Phi) is 5.74. The maximum absolute atomic E-state index is 12.0. The number of nitrogens with one attached hydrogen (secondary N) is 2. The number of hydrogen-bond donors (Lipinski definition) is 3. The lowest BCUT2D eigenvalue weighted by Crippen LogP contribution is -2.25. The zero-order valence-electron chi connectivity index (χ0n) is 11.6. The van der Waals surface area contributed by atoms with E-state index in [1.165, 1.54) is 0 Å². The number of amides is 2. The molecule has 7 heteroatoms. The molecule has 2 aromatic rings. The molecule has 0 spiro atoms. The first-order valence-electron chi connectivity index (χ1n) is 6.66. The summed E-state index contributed by atoms with van der Waals surface area (Å²) in [7, 11) is 0. The van der Waals surface area contributed by atoms with Crippen molar-refractivity contribution in [2.75, 3.05) is 18.5 Å². The van der Waals surface area contributed by atoms with Crippen LogP contribution >= 0.6 is 15.9 Å². The van der Waals surface area contributed by atoms with Gasteiger partial charge in [0.2, 0.25) is 0 Å². The summed E-state index contributed by atoms with van der Waals surface area (Å²) in [5, 5.41) is 14.0. The van der Waals surface area contributed by atoms with Crippen molar-refractivity contribution in [1.29, 1.82) is 0 Å². The van der Waals surface area contributed by atoms with Crippen LogP contribution in [0, 0.1) is 0 Å². The van der Waals surface area contributed by atoms with E-state index >= 15 is 0 Å². The number of benzene rings is 1. The second kappa shape index (κ2) is 7.77. The number of aliphatic hydroxyl groups excluding tert-OH is 1. The summed E-state index contributed by atoms with van der Waals surface area (Å²) < 4.78 is 5.63. The number of carbonyl (C=O) groups is 2. The predicted octanol–water partition coefficient (Wildman–Crippen LogP) is 2.41. The standard InChI is InChI=1S/C15H15BrN2O4/c16-13-6-5-12(22-13)15(21)18-11-4-1-3-10(9-11)14(20)17-7-2-8-19/h1,3-6,9,19H,2,7-8H2,(H,17,20)(H,18,21). The third-order valence-electron chi connectivity index (χ3n) is 2.80. The summed E-state index contributed by atoms with van der Waals surface area (Å²) in [6.07, 6.45) is 0.496. The van der Waals surface area contributed by atoms with Gasteiger partial charge in [0.15, 0.2) is 10.4 Å². The molecule has 0 aliphatic rings. The van der Waals surface area contributed by atoms with E-state index in [9.17, 15) is 9.59 Å². The maximum Gasteiger partial charge on any atom is 0.291 e. The molecule has 0 aliphatic carbocycles. The van der Waals surface area contributed by atoms with Crippen LogP contribution in [0.25, 0.3) is 0 Å². The van der Waals surface area contributed by atoms with E-state index in [1.807, 2.05) is 0 Å². The SMILES string of the molecule is O=C(NCCCO)c1cccc(NC(=O)c2ccc(Br)o2)c1. The zero-order valence-corrected chi connectivity index (χ0v) is 13.2. The highest BCUT2D eigenvalue weighted by Crippen LogP contribution is 2.16. The maximum atomic E-state index is 12.0. The first-order chi connectivity index (χ1) is 10.6. The molecular weight excluding hydrogens is 352 g/mol. The molecule has 2 rings (SSSR count). The van der Waals surface area contributed by atoms with Gasteiger partial charge in [-0.05, 0) is 52.7 Å². The van der Waals surface area contributed by atoms with E-state index in [2.05, 4.69) is 26.6 Å². The van der Waals surface area contributed by atoms with Crippen molar-refractivity contribution in [1.82, 2.24) is 5.32 Å². The fourth-order valence-electron chi connectivity index (χ4n) is 1.75. The lowest BCUT2D eigenvalue weighted by molar-refractivity contribution is 0.0949. The van der Waals surface area contributed by atoms with Gasteiger partial charge in [0.1, 0.15) is 0 Å². The van der Waals surface area contributed by atoms with E-state index in [0.29, 0.717) is 28.9 Å². The van der Waals surface area contributed by atoms with Crippen LogP contribution < -0.4 is 10.6 Å². The number of halogens is 1. The molecule has 0 unspecified atom stereocenters. The van der Waals surface area contributed by atoms with Crippen molar-refractivity contribution < 1.29 is 19.1 Å². The highest BCUT2D eigenvalue weighted by Gasteiger charge is 2.12. The van der Waals surface area contributed by atoms with Crippen molar-refractivity contribution in [2.24, 2.45) is 0 Å². The van der Waals surface area contributed by atoms with Crippen LogP contribution in [-0.2, 0) is 0 Å². The van der Waals surface area contributed by atoms with Gasteiger partial charge >= 0.3 is 0 Å². The Balaban J connectivity index is 2.02.